The molecule has 1 atom stereocenters. The van der Waals surface area contributed by atoms with Crippen molar-refractivity contribution in [2.45, 2.75) is 51.7 Å². The van der Waals surface area contributed by atoms with Gasteiger partial charge in [-0.2, -0.15) is 13.2 Å². The summed E-state index contributed by atoms with van der Waals surface area (Å²) in [7, 11) is 0. The van der Waals surface area contributed by atoms with Crippen molar-refractivity contribution in [1.29, 1.82) is 0 Å². The van der Waals surface area contributed by atoms with E-state index in [-0.39, 0.29) is 6.61 Å². The summed E-state index contributed by atoms with van der Waals surface area (Å²) in [4.78, 5) is 0. The number of ether oxygens (including phenoxy) is 1. The summed E-state index contributed by atoms with van der Waals surface area (Å²) in [5.41, 5.74) is 0. The number of halogens is 3. The smallest absolute Gasteiger partial charge is 0.372 e. The number of hydrogen-bond acceptors (Lipinski definition) is 2. The lowest BCUT2D eigenvalue weighted by atomic mass is 10.1. The van der Waals surface area contributed by atoms with Crippen LogP contribution in [0.25, 0.3) is 0 Å². The van der Waals surface area contributed by atoms with Crippen LogP contribution < -0.4 is 5.32 Å². The molecule has 0 radical (unpaired) electrons. The molecule has 0 aliphatic rings. The summed E-state index contributed by atoms with van der Waals surface area (Å²) in [6.45, 7) is 3.96. The third-order valence-corrected chi connectivity index (χ3v) is 2.21. The van der Waals surface area contributed by atoms with Crippen LogP contribution in [0, 0.1) is 0 Å². The third kappa shape index (κ3) is 11.8. The Morgan fingerprint density at radius 1 is 1.25 bits per heavy atom. The van der Waals surface area contributed by atoms with E-state index in [9.17, 15) is 13.2 Å². The van der Waals surface area contributed by atoms with Gasteiger partial charge >= 0.3 is 6.18 Å². The van der Waals surface area contributed by atoms with Crippen molar-refractivity contribution in [2.24, 2.45) is 0 Å². The van der Waals surface area contributed by atoms with E-state index in [1.54, 1.807) is 0 Å². The second kappa shape index (κ2) is 8.82. The van der Waals surface area contributed by atoms with Gasteiger partial charge in [-0.1, -0.05) is 19.8 Å². The highest BCUT2D eigenvalue weighted by molar-refractivity contribution is 4.59. The van der Waals surface area contributed by atoms with Crippen LogP contribution in [0.5, 0.6) is 0 Å². The first-order valence-electron chi connectivity index (χ1n) is 5.83. The minimum atomic E-state index is -4.21. The monoisotopic (exact) mass is 241 g/mol. The molecule has 0 fully saturated rings. The van der Waals surface area contributed by atoms with Gasteiger partial charge in [-0.15, -0.1) is 0 Å². The summed E-state index contributed by atoms with van der Waals surface area (Å²) in [5, 5.41) is 3.25. The molecular weight excluding hydrogens is 219 g/mol. The summed E-state index contributed by atoms with van der Waals surface area (Å²) in [5.74, 6) is 0. The molecular formula is C11H22F3NO. The van der Waals surface area contributed by atoms with Crippen LogP contribution in [0.2, 0.25) is 0 Å². The largest absolute Gasteiger partial charge is 0.411 e. The predicted molar refractivity (Wildman–Crippen MR) is 58.5 cm³/mol. The zero-order valence-corrected chi connectivity index (χ0v) is 10.1. The van der Waals surface area contributed by atoms with Gasteiger partial charge in [0.15, 0.2) is 0 Å². The maximum absolute atomic E-state index is 11.7. The zero-order chi connectivity index (χ0) is 12.4. The minimum Gasteiger partial charge on any atom is -0.372 e. The van der Waals surface area contributed by atoms with E-state index in [4.69, 9.17) is 0 Å². The zero-order valence-electron chi connectivity index (χ0n) is 10.1. The fraction of sp³-hybridized carbons (Fsp3) is 1.00. The number of hydrogen-bond donors (Lipinski definition) is 1. The Labute approximate surface area is 95.5 Å². The number of nitrogens with one attached hydrogen (secondary N) is 1. The molecule has 98 valence electrons. The van der Waals surface area contributed by atoms with Crippen molar-refractivity contribution in [3.05, 3.63) is 0 Å². The fourth-order valence-electron chi connectivity index (χ4n) is 1.32. The summed E-state index contributed by atoms with van der Waals surface area (Å²) in [6.07, 6.45) is -0.131. The minimum absolute atomic E-state index is 0.160. The van der Waals surface area contributed by atoms with Crippen LogP contribution in [-0.4, -0.2) is 32.0 Å². The summed E-state index contributed by atoms with van der Waals surface area (Å²) in [6, 6.07) is 0.433. The molecule has 1 N–H and O–H groups in total. The Morgan fingerprint density at radius 2 is 1.94 bits per heavy atom. The molecule has 0 aliphatic heterocycles. The normalized spacial score (nSPS) is 14.1. The van der Waals surface area contributed by atoms with Gasteiger partial charge in [0, 0.05) is 12.6 Å². The molecule has 0 aliphatic carbocycles. The Balaban J connectivity index is 3.20. The number of alkyl halides is 3. The molecule has 0 bridgehead atoms. The Hall–Kier alpha value is -0.290. The molecule has 0 saturated carbocycles. The van der Waals surface area contributed by atoms with E-state index in [1.807, 2.05) is 0 Å². The van der Waals surface area contributed by atoms with Crippen molar-refractivity contribution < 1.29 is 17.9 Å². The topological polar surface area (TPSA) is 21.3 Å². The highest BCUT2D eigenvalue weighted by Crippen LogP contribution is 2.14. The van der Waals surface area contributed by atoms with Gasteiger partial charge in [-0.3, -0.25) is 0 Å². The van der Waals surface area contributed by atoms with Gasteiger partial charge in [0.1, 0.15) is 6.61 Å². The number of unbranched alkanes of at least 4 members (excludes halogenated alkanes) is 1. The maximum atomic E-state index is 11.7. The average Bonchev–Trinajstić information content (AvgIpc) is 2.18. The molecule has 1 unspecified atom stereocenters. The van der Waals surface area contributed by atoms with Crippen LogP contribution in [0.1, 0.15) is 39.5 Å². The average molecular weight is 241 g/mol. The van der Waals surface area contributed by atoms with Crippen molar-refractivity contribution in [3.63, 3.8) is 0 Å². The van der Waals surface area contributed by atoms with Gasteiger partial charge in [0.25, 0.3) is 0 Å². The first-order valence-corrected chi connectivity index (χ1v) is 5.83. The molecule has 0 rings (SSSR count). The van der Waals surface area contributed by atoms with E-state index in [0.29, 0.717) is 19.0 Å². The van der Waals surface area contributed by atoms with Crippen molar-refractivity contribution in [1.82, 2.24) is 5.32 Å². The van der Waals surface area contributed by atoms with E-state index < -0.39 is 12.8 Å². The summed E-state index contributed by atoms with van der Waals surface area (Å²) < 4.78 is 39.6. The third-order valence-electron chi connectivity index (χ3n) is 2.21. The second-order valence-corrected chi connectivity index (χ2v) is 4.02. The highest BCUT2D eigenvalue weighted by Gasteiger charge is 2.27. The lowest BCUT2D eigenvalue weighted by molar-refractivity contribution is -0.173. The van der Waals surface area contributed by atoms with Gasteiger partial charge in [-0.25, -0.2) is 0 Å². The van der Waals surface area contributed by atoms with Gasteiger partial charge in [0.2, 0.25) is 0 Å². The molecule has 0 spiro atoms. The first kappa shape index (κ1) is 15.7. The standard InChI is InChI=1S/C11H22F3NO/c1-3-4-6-10(2)15-7-5-8-16-9-11(12,13)14/h10,15H,3-9H2,1-2H3. The Kier molecular flexibility index (Phi) is 8.66. The van der Waals surface area contributed by atoms with Gasteiger partial charge in [0.05, 0.1) is 0 Å². The van der Waals surface area contributed by atoms with Crippen LogP contribution in [0.4, 0.5) is 13.2 Å². The van der Waals surface area contributed by atoms with Crippen LogP contribution in [-0.2, 0) is 4.74 Å². The van der Waals surface area contributed by atoms with E-state index >= 15 is 0 Å². The van der Waals surface area contributed by atoms with Crippen LogP contribution in [0.15, 0.2) is 0 Å². The lowest BCUT2D eigenvalue weighted by Crippen LogP contribution is -2.28. The molecule has 5 heteroatoms. The highest BCUT2D eigenvalue weighted by atomic mass is 19.4. The van der Waals surface area contributed by atoms with Crippen LogP contribution >= 0.6 is 0 Å². The maximum Gasteiger partial charge on any atom is 0.411 e. The molecule has 16 heavy (non-hydrogen) atoms. The van der Waals surface area contributed by atoms with E-state index in [0.717, 1.165) is 6.42 Å². The lowest BCUT2D eigenvalue weighted by Gasteiger charge is -2.13. The van der Waals surface area contributed by atoms with Gasteiger partial charge in [-0.05, 0) is 26.3 Å². The second-order valence-electron chi connectivity index (χ2n) is 4.02. The molecule has 0 amide bonds. The SMILES string of the molecule is CCCCC(C)NCCCOCC(F)(F)F. The molecule has 0 aromatic carbocycles. The van der Waals surface area contributed by atoms with E-state index in [1.165, 1.54) is 12.8 Å². The van der Waals surface area contributed by atoms with Crippen LogP contribution in [0.3, 0.4) is 0 Å². The molecule has 0 heterocycles. The molecule has 0 aromatic rings. The fourth-order valence-corrected chi connectivity index (χ4v) is 1.32. The molecule has 0 aromatic heterocycles. The first-order chi connectivity index (χ1) is 7.45. The van der Waals surface area contributed by atoms with Crippen molar-refractivity contribution in [2.75, 3.05) is 19.8 Å². The number of rotatable bonds is 9. The van der Waals surface area contributed by atoms with Crippen molar-refractivity contribution >= 4 is 0 Å². The molecule has 2 nitrogen and oxygen atoms in total. The summed E-state index contributed by atoms with van der Waals surface area (Å²) >= 11 is 0. The Morgan fingerprint density at radius 3 is 2.50 bits per heavy atom. The quantitative estimate of drug-likeness (QED) is 0.626. The van der Waals surface area contributed by atoms with E-state index in [2.05, 4.69) is 23.9 Å². The Bertz CT molecular complexity index is 162. The predicted octanol–water partition coefficient (Wildman–Crippen LogP) is 3.12. The molecule has 0 saturated heterocycles. The van der Waals surface area contributed by atoms with Gasteiger partial charge < -0.3 is 10.1 Å². The van der Waals surface area contributed by atoms with Crippen molar-refractivity contribution in [3.8, 4) is 0 Å².